The van der Waals surface area contributed by atoms with E-state index in [-0.39, 0.29) is 5.09 Å². The standard InChI is InChI=1S/C7H9NO3S2/c9-13(10,7-2-1-4-11-7)8-3-5-12-6-8/h1-2,4H,3,5-6H2. The van der Waals surface area contributed by atoms with Crippen LogP contribution < -0.4 is 0 Å². The molecule has 1 fully saturated rings. The lowest BCUT2D eigenvalue weighted by atomic mass is 10.7. The van der Waals surface area contributed by atoms with Crippen LogP contribution in [0.15, 0.2) is 27.9 Å². The Bertz CT molecular complexity index is 364. The first-order chi connectivity index (χ1) is 6.21. The van der Waals surface area contributed by atoms with Crippen molar-refractivity contribution in [3.05, 3.63) is 18.4 Å². The molecule has 0 spiro atoms. The summed E-state index contributed by atoms with van der Waals surface area (Å²) in [5.41, 5.74) is 0. The molecular weight excluding hydrogens is 210 g/mol. The third-order valence-corrected chi connectivity index (χ3v) is 4.67. The van der Waals surface area contributed by atoms with Gasteiger partial charge in [0.25, 0.3) is 10.0 Å². The van der Waals surface area contributed by atoms with Gasteiger partial charge in [0.2, 0.25) is 5.09 Å². The van der Waals surface area contributed by atoms with Crippen LogP contribution >= 0.6 is 11.8 Å². The fraction of sp³-hybridized carbons (Fsp3) is 0.429. The molecule has 72 valence electrons. The Balaban J connectivity index is 2.30. The molecular formula is C7H9NO3S2. The number of rotatable bonds is 2. The second-order valence-corrected chi connectivity index (χ2v) is 5.59. The van der Waals surface area contributed by atoms with E-state index in [0.29, 0.717) is 12.4 Å². The lowest BCUT2D eigenvalue weighted by molar-refractivity contribution is 0.416. The minimum Gasteiger partial charge on any atom is -0.452 e. The largest absolute Gasteiger partial charge is 0.452 e. The van der Waals surface area contributed by atoms with Crippen molar-refractivity contribution in [2.24, 2.45) is 0 Å². The van der Waals surface area contributed by atoms with Crippen molar-refractivity contribution < 1.29 is 12.8 Å². The van der Waals surface area contributed by atoms with E-state index in [4.69, 9.17) is 4.42 Å². The highest BCUT2D eigenvalue weighted by Crippen LogP contribution is 2.22. The van der Waals surface area contributed by atoms with Crippen molar-refractivity contribution in [2.45, 2.75) is 5.09 Å². The molecule has 2 rings (SSSR count). The Kier molecular flexibility index (Phi) is 2.35. The number of hydrogen-bond acceptors (Lipinski definition) is 4. The number of nitrogens with zero attached hydrogens (tertiary/aromatic N) is 1. The SMILES string of the molecule is O=S(=O)(c1ccco1)N1CCSC1. The minimum absolute atomic E-state index is 0.0370. The molecule has 1 aromatic rings. The van der Waals surface area contributed by atoms with Gasteiger partial charge in [0.05, 0.1) is 12.1 Å². The van der Waals surface area contributed by atoms with Gasteiger partial charge in [-0.3, -0.25) is 0 Å². The maximum absolute atomic E-state index is 11.7. The average molecular weight is 219 g/mol. The topological polar surface area (TPSA) is 50.5 Å². The summed E-state index contributed by atoms with van der Waals surface area (Å²) >= 11 is 1.61. The molecule has 1 aliphatic heterocycles. The highest BCUT2D eigenvalue weighted by Gasteiger charge is 2.29. The van der Waals surface area contributed by atoms with Crippen molar-refractivity contribution in [3.63, 3.8) is 0 Å². The first-order valence-electron chi connectivity index (χ1n) is 3.83. The van der Waals surface area contributed by atoms with Gasteiger partial charge in [-0.1, -0.05) is 0 Å². The van der Waals surface area contributed by atoms with Gasteiger partial charge in [-0.15, -0.1) is 11.8 Å². The van der Waals surface area contributed by atoms with Crippen molar-refractivity contribution in [1.82, 2.24) is 4.31 Å². The van der Waals surface area contributed by atoms with Gasteiger partial charge in [-0.2, -0.15) is 4.31 Å². The smallest absolute Gasteiger partial charge is 0.277 e. The van der Waals surface area contributed by atoms with E-state index < -0.39 is 10.0 Å². The summed E-state index contributed by atoms with van der Waals surface area (Å²) in [6, 6.07) is 3.05. The van der Waals surface area contributed by atoms with Crippen LogP contribution in [0.2, 0.25) is 0 Å². The van der Waals surface area contributed by atoms with E-state index in [0.717, 1.165) is 5.75 Å². The summed E-state index contributed by atoms with van der Waals surface area (Å²) in [5.74, 6) is 1.39. The Morgan fingerprint density at radius 2 is 2.38 bits per heavy atom. The second-order valence-electron chi connectivity index (χ2n) is 2.65. The third-order valence-electron chi connectivity index (χ3n) is 1.81. The Labute approximate surface area is 81.0 Å². The summed E-state index contributed by atoms with van der Waals surface area (Å²) < 4.78 is 29.7. The average Bonchev–Trinajstić information content (AvgIpc) is 2.78. The predicted molar refractivity (Wildman–Crippen MR) is 49.9 cm³/mol. The van der Waals surface area contributed by atoms with Crippen LogP contribution in [0.3, 0.4) is 0 Å². The van der Waals surface area contributed by atoms with Gasteiger partial charge < -0.3 is 4.42 Å². The Morgan fingerprint density at radius 1 is 1.54 bits per heavy atom. The molecule has 0 atom stereocenters. The van der Waals surface area contributed by atoms with Crippen molar-refractivity contribution in [1.29, 1.82) is 0 Å². The molecule has 0 N–H and O–H groups in total. The van der Waals surface area contributed by atoms with E-state index in [1.807, 2.05) is 0 Å². The number of thioether (sulfide) groups is 1. The normalized spacial score (nSPS) is 19.4. The van der Waals surface area contributed by atoms with Crippen LogP contribution in [0.1, 0.15) is 0 Å². The lowest BCUT2D eigenvalue weighted by Crippen LogP contribution is -2.27. The molecule has 0 saturated carbocycles. The molecule has 0 unspecified atom stereocenters. The van der Waals surface area contributed by atoms with Crippen LogP contribution in [0.25, 0.3) is 0 Å². The molecule has 2 heterocycles. The molecule has 0 aromatic carbocycles. The fourth-order valence-corrected chi connectivity index (χ4v) is 3.84. The van der Waals surface area contributed by atoms with Crippen LogP contribution in [-0.2, 0) is 10.0 Å². The van der Waals surface area contributed by atoms with E-state index in [9.17, 15) is 8.42 Å². The first kappa shape index (κ1) is 9.11. The maximum atomic E-state index is 11.7. The zero-order chi connectivity index (χ0) is 9.31. The van der Waals surface area contributed by atoms with Crippen LogP contribution in [-0.4, -0.2) is 30.9 Å². The Morgan fingerprint density at radius 3 is 2.92 bits per heavy atom. The zero-order valence-electron chi connectivity index (χ0n) is 6.84. The Hall–Kier alpha value is -0.460. The molecule has 0 bridgehead atoms. The second kappa shape index (κ2) is 3.36. The van der Waals surface area contributed by atoms with E-state index in [1.54, 1.807) is 17.8 Å². The number of sulfonamides is 1. The summed E-state index contributed by atoms with van der Waals surface area (Å²) in [6.07, 6.45) is 1.37. The van der Waals surface area contributed by atoms with E-state index >= 15 is 0 Å². The fourth-order valence-electron chi connectivity index (χ4n) is 1.12. The van der Waals surface area contributed by atoms with Gasteiger partial charge in [-0.05, 0) is 12.1 Å². The van der Waals surface area contributed by atoms with Gasteiger partial charge in [0.1, 0.15) is 0 Å². The molecule has 1 aromatic heterocycles. The quantitative estimate of drug-likeness (QED) is 0.744. The maximum Gasteiger partial charge on any atom is 0.277 e. The van der Waals surface area contributed by atoms with Crippen LogP contribution in [0, 0.1) is 0 Å². The molecule has 1 saturated heterocycles. The molecule has 13 heavy (non-hydrogen) atoms. The number of furan rings is 1. The molecule has 0 amide bonds. The van der Waals surface area contributed by atoms with Gasteiger partial charge in [0.15, 0.2) is 0 Å². The monoisotopic (exact) mass is 219 g/mol. The summed E-state index contributed by atoms with van der Waals surface area (Å²) in [7, 11) is -3.35. The summed E-state index contributed by atoms with van der Waals surface area (Å²) in [4.78, 5) is 0. The lowest BCUT2D eigenvalue weighted by Gasteiger charge is -2.11. The molecule has 0 aliphatic carbocycles. The molecule has 1 aliphatic rings. The van der Waals surface area contributed by atoms with Crippen LogP contribution in [0.5, 0.6) is 0 Å². The van der Waals surface area contributed by atoms with Gasteiger partial charge >= 0.3 is 0 Å². The summed E-state index contributed by atoms with van der Waals surface area (Å²) in [6.45, 7) is 0.577. The van der Waals surface area contributed by atoms with E-state index in [2.05, 4.69) is 0 Å². The first-order valence-corrected chi connectivity index (χ1v) is 6.42. The molecule has 4 nitrogen and oxygen atoms in total. The summed E-state index contributed by atoms with van der Waals surface area (Å²) in [5, 5.41) is 0.0370. The number of hydrogen-bond donors (Lipinski definition) is 0. The highest BCUT2D eigenvalue weighted by atomic mass is 32.2. The van der Waals surface area contributed by atoms with E-state index in [1.165, 1.54) is 16.6 Å². The van der Waals surface area contributed by atoms with Crippen molar-refractivity contribution in [3.8, 4) is 0 Å². The predicted octanol–water partition coefficient (Wildman–Crippen LogP) is 0.975. The minimum atomic E-state index is -3.35. The molecule has 6 heteroatoms. The zero-order valence-corrected chi connectivity index (χ0v) is 8.47. The molecule has 0 radical (unpaired) electrons. The van der Waals surface area contributed by atoms with Crippen molar-refractivity contribution in [2.75, 3.05) is 18.2 Å². The third kappa shape index (κ3) is 1.61. The van der Waals surface area contributed by atoms with Crippen molar-refractivity contribution >= 4 is 21.8 Å². The van der Waals surface area contributed by atoms with Crippen LogP contribution in [0.4, 0.5) is 0 Å². The highest BCUT2D eigenvalue weighted by molar-refractivity contribution is 8.00. The van der Waals surface area contributed by atoms with Gasteiger partial charge in [-0.25, -0.2) is 8.42 Å². The van der Waals surface area contributed by atoms with Gasteiger partial charge in [0, 0.05) is 12.3 Å².